The Morgan fingerprint density at radius 3 is 2.62 bits per heavy atom. The van der Waals surface area contributed by atoms with Crippen molar-refractivity contribution in [2.75, 3.05) is 0 Å². The average molecular weight is 287 g/mol. The van der Waals surface area contributed by atoms with Crippen molar-refractivity contribution >= 4 is 5.84 Å². The Bertz CT molecular complexity index is 629. The zero-order valence-electron chi connectivity index (χ0n) is 11.8. The van der Waals surface area contributed by atoms with Crippen LogP contribution in [0.3, 0.4) is 0 Å². The first kappa shape index (κ1) is 15.0. The molecule has 0 saturated carbocycles. The number of benzene rings is 2. The van der Waals surface area contributed by atoms with Crippen molar-refractivity contribution < 1.29 is 9.60 Å². The van der Waals surface area contributed by atoms with Crippen molar-refractivity contribution in [2.45, 2.75) is 19.5 Å². The molecule has 0 bridgehead atoms. The monoisotopic (exact) mass is 287 g/mol. The van der Waals surface area contributed by atoms with E-state index in [2.05, 4.69) is 10.5 Å². The van der Waals surface area contributed by atoms with Gasteiger partial charge in [-0.1, -0.05) is 47.6 Å². The van der Waals surface area contributed by atoms with Crippen LogP contribution in [0.2, 0.25) is 0 Å². The molecule has 0 aromatic heterocycles. The summed E-state index contributed by atoms with van der Waals surface area (Å²) >= 11 is 0. The van der Waals surface area contributed by atoms with Gasteiger partial charge in [0.2, 0.25) is 0 Å². The zero-order chi connectivity index (χ0) is 15.2. The van der Waals surface area contributed by atoms with Crippen molar-refractivity contribution in [3.63, 3.8) is 0 Å². The van der Waals surface area contributed by atoms with Crippen LogP contribution in [0.15, 0.2) is 53.7 Å². The van der Waals surface area contributed by atoms with Crippen molar-refractivity contribution in [3.05, 3.63) is 71.0 Å². The average Bonchev–Trinajstić information content (AvgIpc) is 2.53. The third kappa shape index (κ3) is 3.79. The maximum Gasteiger partial charge on any atom is 0.170 e. The highest BCUT2D eigenvalue weighted by Crippen LogP contribution is 2.15. The molecule has 21 heavy (non-hydrogen) atoms. The summed E-state index contributed by atoms with van der Waals surface area (Å²) in [7, 11) is 0. The second kappa shape index (κ2) is 6.85. The van der Waals surface area contributed by atoms with E-state index in [1.54, 1.807) is 12.1 Å². The molecule has 0 amide bonds. The molecule has 0 spiro atoms. The van der Waals surface area contributed by atoms with Gasteiger partial charge in [0, 0.05) is 23.7 Å². The highest BCUT2D eigenvalue weighted by atomic mass is 19.1. The van der Waals surface area contributed by atoms with Gasteiger partial charge in [-0.2, -0.15) is 0 Å². The maximum atomic E-state index is 14.0. The van der Waals surface area contributed by atoms with E-state index in [1.165, 1.54) is 6.07 Å². The lowest BCUT2D eigenvalue weighted by molar-refractivity contribution is 0.318. The van der Waals surface area contributed by atoms with Gasteiger partial charge in [-0.15, -0.1) is 0 Å². The summed E-state index contributed by atoms with van der Waals surface area (Å²) in [6.07, 6.45) is 0. The first-order chi connectivity index (χ1) is 10.1. The van der Waals surface area contributed by atoms with Gasteiger partial charge in [0.05, 0.1) is 0 Å². The number of rotatable bonds is 5. The molecule has 4 nitrogen and oxygen atoms in total. The van der Waals surface area contributed by atoms with E-state index in [-0.39, 0.29) is 17.7 Å². The first-order valence-electron chi connectivity index (χ1n) is 6.66. The SMILES string of the molecule is C[C@@H](NCc1ccc(C(N)=NO)cc1F)c1ccccc1. The quantitative estimate of drug-likeness (QED) is 0.343. The highest BCUT2D eigenvalue weighted by Gasteiger charge is 2.09. The van der Waals surface area contributed by atoms with E-state index in [1.807, 2.05) is 37.3 Å². The van der Waals surface area contributed by atoms with Crippen molar-refractivity contribution in [2.24, 2.45) is 10.9 Å². The lowest BCUT2D eigenvalue weighted by atomic mass is 10.1. The number of hydrogen-bond donors (Lipinski definition) is 3. The predicted octanol–water partition coefficient (Wildman–Crippen LogP) is 2.77. The van der Waals surface area contributed by atoms with E-state index in [0.717, 1.165) is 5.56 Å². The van der Waals surface area contributed by atoms with E-state index < -0.39 is 0 Å². The Kier molecular flexibility index (Phi) is 4.90. The van der Waals surface area contributed by atoms with Crippen LogP contribution in [0, 0.1) is 5.82 Å². The molecule has 0 unspecified atom stereocenters. The lowest BCUT2D eigenvalue weighted by Gasteiger charge is -2.15. The molecule has 5 heteroatoms. The molecule has 2 aromatic carbocycles. The fourth-order valence-corrected chi connectivity index (χ4v) is 2.03. The second-order valence-electron chi connectivity index (χ2n) is 4.80. The Balaban J connectivity index is 2.04. The third-order valence-electron chi connectivity index (χ3n) is 3.35. The Morgan fingerprint density at radius 2 is 2.00 bits per heavy atom. The molecule has 0 fully saturated rings. The van der Waals surface area contributed by atoms with Crippen LogP contribution >= 0.6 is 0 Å². The summed E-state index contributed by atoms with van der Waals surface area (Å²) < 4.78 is 14.0. The van der Waals surface area contributed by atoms with Crippen molar-refractivity contribution in [1.82, 2.24) is 5.32 Å². The molecule has 0 aliphatic rings. The molecule has 0 radical (unpaired) electrons. The standard InChI is InChI=1S/C16H18FN3O/c1-11(12-5-3-2-4-6-12)19-10-14-8-7-13(9-15(14)17)16(18)20-21/h2-9,11,19,21H,10H2,1H3,(H2,18,20)/t11-/m1/s1. The van der Waals surface area contributed by atoms with Crippen molar-refractivity contribution in [1.29, 1.82) is 0 Å². The van der Waals surface area contributed by atoms with Crippen LogP contribution < -0.4 is 11.1 Å². The Labute approximate surface area is 123 Å². The van der Waals surface area contributed by atoms with Crippen LogP contribution in [0.5, 0.6) is 0 Å². The molecule has 2 aromatic rings. The normalized spacial score (nSPS) is 13.1. The molecule has 0 heterocycles. The molecular weight excluding hydrogens is 269 g/mol. The molecule has 110 valence electrons. The lowest BCUT2D eigenvalue weighted by Crippen LogP contribution is -2.19. The summed E-state index contributed by atoms with van der Waals surface area (Å²) in [5.41, 5.74) is 7.46. The summed E-state index contributed by atoms with van der Waals surface area (Å²) in [5, 5.41) is 14.7. The van der Waals surface area contributed by atoms with Gasteiger partial charge in [-0.05, 0) is 18.6 Å². The van der Waals surface area contributed by atoms with Crippen LogP contribution in [0.4, 0.5) is 4.39 Å². The summed E-state index contributed by atoms with van der Waals surface area (Å²) in [6.45, 7) is 2.43. The van der Waals surface area contributed by atoms with E-state index >= 15 is 0 Å². The number of nitrogens with two attached hydrogens (primary N) is 1. The number of oxime groups is 1. The van der Waals surface area contributed by atoms with Crippen molar-refractivity contribution in [3.8, 4) is 0 Å². The Morgan fingerprint density at radius 1 is 1.29 bits per heavy atom. The molecule has 1 atom stereocenters. The number of nitrogens with zero attached hydrogens (tertiary/aromatic N) is 1. The smallest absolute Gasteiger partial charge is 0.170 e. The highest BCUT2D eigenvalue weighted by molar-refractivity contribution is 5.97. The number of hydrogen-bond acceptors (Lipinski definition) is 3. The second-order valence-corrected chi connectivity index (χ2v) is 4.80. The third-order valence-corrected chi connectivity index (χ3v) is 3.35. The molecule has 0 saturated heterocycles. The predicted molar refractivity (Wildman–Crippen MR) is 80.6 cm³/mol. The number of amidine groups is 1. The minimum Gasteiger partial charge on any atom is -0.409 e. The van der Waals surface area contributed by atoms with Crippen LogP contribution in [-0.4, -0.2) is 11.0 Å². The summed E-state index contributed by atoms with van der Waals surface area (Å²) in [5.74, 6) is -0.488. The summed E-state index contributed by atoms with van der Waals surface area (Å²) in [4.78, 5) is 0. The molecule has 4 N–H and O–H groups in total. The van der Waals surface area contributed by atoms with Crippen LogP contribution in [0.1, 0.15) is 29.7 Å². The number of halogens is 1. The van der Waals surface area contributed by atoms with E-state index in [4.69, 9.17) is 10.9 Å². The Hall–Kier alpha value is -2.40. The minimum atomic E-state index is -0.383. The molecular formula is C16H18FN3O. The van der Waals surface area contributed by atoms with E-state index in [0.29, 0.717) is 17.7 Å². The molecule has 0 aliphatic heterocycles. The van der Waals surface area contributed by atoms with Gasteiger partial charge < -0.3 is 16.3 Å². The maximum absolute atomic E-state index is 14.0. The molecule has 0 aliphatic carbocycles. The van der Waals surface area contributed by atoms with Crippen LogP contribution in [-0.2, 0) is 6.54 Å². The van der Waals surface area contributed by atoms with Gasteiger partial charge >= 0.3 is 0 Å². The van der Waals surface area contributed by atoms with Gasteiger partial charge in [0.15, 0.2) is 5.84 Å². The first-order valence-corrected chi connectivity index (χ1v) is 6.66. The zero-order valence-corrected chi connectivity index (χ0v) is 11.8. The summed E-state index contributed by atoms with van der Waals surface area (Å²) in [6, 6.07) is 14.6. The topological polar surface area (TPSA) is 70.6 Å². The fraction of sp³-hybridized carbons (Fsp3) is 0.188. The number of nitrogens with one attached hydrogen (secondary N) is 1. The van der Waals surface area contributed by atoms with Gasteiger partial charge in [0.1, 0.15) is 5.82 Å². The van der Waals surface area contributed by atoms with Crippen LogP contribution in [0.25, 0.3) is 0 Å². The van der Waals surface area contributed by atoms with Gasteiger partial charge in [-0.3, -0.25) is 0 Å². The van der Waals surface area contributed by atoms with E-state index in [9.17, 15) is 4.39 Å². The fourth-order valence-electron chi connectivity index (χ4n) is 2.03. The minimum absolute atomic E-state index is 0.105. The molecule has 2 rings (SSSR count). The largest absolute Gasteiger partial charge is 0.409 e. The van der Waals surface area contributed by atoms with Gasteiger partial charge in [0.25, 0.3) is 0 Å². The van der Waals surface area contributed by atoms with Gasteiger partial charge in [-0.25, -0.2) is 4.39 Å².